The van der Waals surface area contributed by atoms with Gasteiger partial charge in [0.05, 0.1) is 4.92 Å². The Bertz CT molecular complexity index is 861. The lowest BCUT2D eigenvalue weighted by atomic mass is 9.99. The first kappa shape index (κ1) is 19.9. The van der Waals surface area contributed by atoms with Gasteiger partial charge in [-0.3, -0.25) is 25.8 Å². The second-order valence-electron chi connectivity index (χ2n) is 7.01. The highest BCUT2D eigenvalue weighted by atomic mass is 19.1. The van der Waals surface area contributed by atoms with Crippen LogP contribution in [0.1, 0.15) is 41.2 Å². The van der Waals surface area contributed by atoms with Gasteiger partial charge in [-0.15, -0.1) is 0 Å². The zero-order valence-corrected chi connectivity index (χ0v) is 15.6. The van der Waals surface area contributed by atoms with E-state index < -0.39 is 4.92 Å². The first-order valence-electron chi connectivity index (χ1n) is 9.20. The van der Waals surface area contributed by atoms with Crippen molar-refractivity contribution in [2.75, 3.05) is 13.6 Å². The molecule has 2 N–H and O–H groups in total. The van der Waals surface area contributed by atoms with Crippen LogP contribution in [0.2, 0.25) is 0 Å². The molecule has 1 heterocycles. The van der Waals surface area contributed by atoms with Gasteiger partial charge in [-0.2, -0.15) is 0 Å². The third-order valence-corrected chi connectivity index (χ3v) is 4.93. The predicted octanol–water partition coefficient (Wildman–Crippen LogP) is 3.19. The molecule has 1 saturated heterocycles. The van der Waals surface area contributed by atoms with Gasteiger partial charge in [0.15, 0.2) is 0 Å². The minimum Gasteiger partial charge on any atom is -0.342 e. The molecule has 0 aromatic heterocycles. The van der Waals surface area contributed by atoms with Crippen LogP contribution in [0.5, 0.6) is 0 Å². The van der Waals surface area contributed by atoms with Crippen LogP contribution in [-0.2, 0) is 0 Å². The summed E-state index contributed by atoms with van der Waals surface area (Å²) in [5, 5.41) is 10.9. The van der Waals surface area contributed by atoms with Crippen molar-refractivity contribution in [3.63, 3.8) is 0 Å². The van der Waals surface area contributed by atoms with Crippen LogP contribution in [0.25, 0.3) is 0 Å². The quantitative estimate of drug-likeness (QED) is 0.564. The lowest BCUT2D eigenvalue weighted by Crippen LogP contribution is -2.32. The first-order valence-corrected chi connectivity index (χ1v) is 9.20. The normalized spacial score (nSPS) is 18.8. The number of carbonyl (C=O) groups excluding carboxylic acids is 1. The van der Waals surface area contributed by atoms with Gasteiger partial charge in [0.2, 0.25) is 0 Å². The largest absolute Gasteiger partial charge is 0.342 e. The van der Waals surface area contributed by atoms with Gasteiger partial charge in [0.1, 0.15) is 5.82 Å². The van der Waals surface area contributed by atoms with Crippen LogP contribution < -0.4 is 10.9 Å². The second-order valence-corrected chi connectivity index (χ2v) is 7.01. The van der Waals surface area contributed by atoms with Crippen LogP contribution in [0.3, 0.4) is 0 Å². The number of hydrogen-bond donors (Lipinski definition) is 2. The number of nitrogens with one attached hydrogen (secondary N) is 2. The molecule has 2 aromatic rings. The molecule has 1 fully saturated rings. The summed E-state index contributed by atoms with van der Waals surface area (Å²) in [6.45, 7) is 0.546. The number of carbonyl (C=O) groups is 1. The van der Waals surface area contributed by atoms with Crippen molar-refractivity contribution in [3.05, 3.63) is 75.6 Å². The molecule has 2 atom stereocenters. The molecule has 3 rings (SSSR count). The summed E-state index contributed by atoms with van der Waals surface area (Å²) in [4.78, 5) is 24.4. The van der Waals surface area contributed by atoms with Gasteiger partial charge >= 0.3 is 0 Å². The fraction of sp³-hybridized carbons (Fsp3) is 0.350. The third-order valence-electron chi connectivity index (χ3n) is 4.93. The van der Waals surface area contributed by atoms with Crippen LogP contribution in [0.4, 0.5) is 10.1 Å². The first-order chi connectivity index (χ1) is 13.4. The number of nitro groups is 1. The highest BCUT2D eigenvalue weighted by Gasteiger charge is 2.25. The lowest BCUT2D eigenvalue weighted by Gasteiger charge is -2.18. The summed E-state index contributed by atoms with van der Waals surface area (Å²) in [7, 11) is 1.69. The average molecular weight is 386 g/mol. The van der Waals surface area contributed by atoms with Crippen molar-refractivity contribution < 1.29 is 14.1 Å². The topological polar surface area (TPSA) is 87.5 Å². The SMILES string of the molecule is CN(CCCC1CC(c2cccc(F)c2)NN1)C(=O)c1cccc([N+](=O)[O-])c1. The fourth-order valence-electron chi connectivity index (χ4n) is 3.40. The van der Waals surface area contributed by atoms with Gasteiger partial charge in [0.25, 0.3) is 11.6 Å². The van der Waals surface area contributed by atoms with E-state index >= 15 is 0 Å². The standard InChI is InChI=1S/C20H23FN4O3/c1-24(20(26)15-6-3-9-18(12-15)25(27)28)10-4-8-17-13-19(23-22-17)14-5-2-7-16(21)11-14/h2-3,5-7,9,11-12,17,19,22-23H,4,8,10,13H2,1H3. The molecular formula is C20H23FN4O3. The van der Waals surface area contributed by atoms with E-state index in [-0.39, 0.29) is 29.5 Å². The highest BCUT2D eigenvalue weighted by Crippen LogP contribution is 2.24. The van der Waals surface area contributed by atoms with Crippen LogP contribution in [0, 0.1) is 15.9 Å². The van der Waals surface area contributed by atoms with Crippen LogP contribution >= 0.6 is 0 Å². The smallest absolute Gasteiger partial charge is 0.270 e. The van der Waals surface area contributed by atoms with Gasteiger partial charge in [-0.25, -0.2) is 4.39 Å². The maximum absolute atomic E-state index is 13.4. The van der Waals surface area contributed by atoms with E-state index in [1.807, 2.05) is 6.07 Å². The van der Waals surface area contributed by atoms with Crippen molar-refractivity contribution in [2.24, 2.45) is 0 Å². The Morgan fingerprint density at radius 3 is 2.79 bits per heavy atom. The number of nitrogens with zero attached hydrogens (tertiary/aromatic N) is 2. The van der Waals surface area contributed by atoms with Crippen molar-refractivity contribution >= 4 is 11.6 Å². The average Bonchev–Trinajstić information content (AvgIpc) is 3.16. The molecule has 1 aliphatic rings. The Morgan fingerprint density at radius 2 is 2.04 bits per heavy atom. The molecule has 28 heavy (non-hydrogen) atoms. The maximum atomic E-state index is 13.4. The molecule has 0 saturated carbocycles. The summed E-state index contributed by atoms with van der Waals surface area (Å²) in [6.07, 6.45) is 2.48. The van der Waals surface area contributed by atoms with E-state index in [2.05, 4.69) is 10.9 Å². The van der Waals surface area contributed by atoms with E-state index in [4.69, 9.17) is 0 Å². The number of hydrogen-bond acceptors (Lipinski definition) is 5. The summed E-state index contributed by atoms with van der Waals surface area (Å²) in [5.74, 6) is -0.483. The zero-order valence-electron chi connectivity index (χ0n) is 15.6. The van der Waals surface area contributed by atoms with Crippen molar-refractivity contribution in [3.8, 4) is 0 Å². The molecular weight excluding hydrogens is 363 g/mol. The fourth-order valence-corrected chi connectivity index (χ4v) is 3.40. The Labute approximate surface area is 162 Å². The molecule has 148 valence electrons. The van der Waals surface area contributed by atoms with Gasteiger partial charge in [-0.05, 0) is 43.0 Å². The highest BCUT2D eigenvalue weighted by molar-refractivity contribution is 5.94. The molecule has 1 aliphatic heterocycles. The van der Waals surface area contributed by atoms with Crippen molar-refractivity contribution in [1.82, 2.24) is 15.8 Å². The Hall–Kier alpha value is -2.84. The van der Waals surface area contributed by atoms with Gasteiger partial charge in [-0.1, -0.05) is 18.2 Å². The lowest BCUT2D eigenvalue weighted by molar-refractivity contribution is -0.384. The molecule has 0 bridgehead atoms. The zero-order chi connectivity index (χ0) is 20.1. The Kier molecular flexibility index (Phi) is 6.33. The molecule has 2 aromatic carbocycles. The predicted molar refractivity (Wildman–Crippen MR) is 103 cm³/mol. The summed E-state index contributed by atoms with van der Waals surface area (Å²) in [5.41, 5.74) is 7.55. The monoisotopic (exact) mass is 386 g/mol. The molecule has 0 spiro atoms. The number of non-ortho nitro benzene ring substituents is 1. The third kappa shape index (κ3) is 4.90. The summed E-state index contributed by atoms with van der Waals surface area (Å²) < 4.78 is 13.4. The van der Waals surface area contributed by atoms with Gasteiger partial charge < -0.3 is 4.90 Å². The van der Waals surface area contributed by atoms with E-state index in [0.29, 0.717) is 12.1 Å². The molecule has 7 nitrogen and oxygen atoms in total. The van der Waals surface area contributed by atoms with Gasteiger partial charge in [0, 0.05) is 43.4 Å². The van der Waals surface area contributed by atoms with Crippen molar-refractivity contribution in [1.29, 1.82) is 0 Å². The summed E-state index contributed by atoms with van der Waals surface area (Å²) >= 11 is 0. The number of nitro benzene ring substituents is 1. The molecule has 8 heteroatoms. The number of rotatable bonds is 7. The number of hydrazine groups is 1. The minimum atomic E-state index is -0.509. The molecule has 1 amide bonds. The number of halogens is 1. The van der Waals surface area contributed by atoms with Crippen LogP contribution in [0.15, 0.2) is 48.5 Å². The summed E-state index contributed by atoms with van der Waals surface area (Å²) in [6, 6.07) is 12.6. The van der Waals surface area contributed by atoms with Crippen LogP contribution in [-0.4, -0.2) is 35.4 Å². The molecule has 2 unspecified atom stereocenters. The maximum Gasteiger partial charge on any atom is 0.270 e. The Balaban J connectivity index is 1.46. The Morgan fingerprint density at radius 1 is 1.25 bits per heavy atom. The molecule has 0 radical (unpaired) electrons. The molecule has 0 aliphatic carbocycles. The van der Waals surface area contributed by atoms with E-state index in [9.17, 15) is 19.3 Å². The second kappa shape index (κ2) is 8.90. The van der Waals surface area contributed by atoms with E-state index in [1.54, 1.807) is 24.1 Å². The minimum absolute atomic E-state index is 0.0601. The number of amides is 1. The van der Waals surface area contributed by atoms with E-state index in [1.165, 1.54) is 30.3 Å². The van der Waals surface area contributed by atoms with E-state index in [0.717, 1.165) is 24.8 Å². The van der Waals surface area contributed by atoms with Crippen molar-refractivity contribution in [2.45, 2.75) is 31.3 Å². The number of benzene rings is 2.